The highest BCUT2D eigenvalue weighted by atomic mass is 35.5. The van der Waals surface area contributed by atoms with E-state index in [-0.39, 0.29) is 6.04 Å². The van der Waals surface area contributed by atoms with Gasteiger partial charge < -0.3 is 15.4 Å². The predicted octanol–water partition coefficient (Wildman–Crippen LogP) is 4.79. The average molecular weight is 377 g/mol. The van der Waals surface area contributed by atoms with Gasteiger partial charge in [-0.15, -0.1) is 0 Å². The van der Waals surface area contributed by atoms with Crippen LogP contribution in [0.3, 0.4) is 0 Å². The molecule has 2 aromatic rings. The Morgan fingerprint density at radius 1 is 1.20 bits per heavy atom. The standard InChI is InChI=1S/C19H21ClN2O2S/c1-11-5-6-12(2)15(9-11)13(3)21-19(25)22-17-10-14(18(23)24-4)7-8-16(17)20/h5-10,13H,1-4H3,(H2,21,22,25). The van der Waals surface area contributed by atoms with Crippen LogP contribution in [0.25, 0.3) is 0 Å². The summed E-state index contributed by atoms with van der Waals surface area (Å²) in [5, 5.41) is 7.19. The summed E-state index contributed by atoms with van der Waals surface area (Å²) in [7, 11) is 1.34. The van der Waals surface area contributed by atoms with Gasteiger partial charge in [-0.05, 0) is 62.3 Å². The van der Waals surface area contributed by atoms with E-state index < -0.39 is 5.97 Å². The highest BCUT2D eigenvalue weighted by molar-refractivity contribution is 7.80. The first kappa shape index (κ1) is 19.2. The molecule has 4 nitrogen and oxygen atoms in total. The van der Waals surface area contributed by atoms with Crippen molar-refractivity contribution in [2.45, 2.75) is 26.8 Å². The van der Waals surface area contributed by atoms with E-state index in [1.54, 1.807) is 18.2 Å². The van der Waals surface area contributed by atoms with Crippen LogP contribution in [0, 0.1) is 13.8 Å². The summed E-state index contributed by atoms with van der Waals surface area (Å²) in [6.45, 7) is 6.17. The minimum atomic E-state index is -0.428. The molecule has 1 unspecified atom stereocenters. The second kappa shape index (κ2) is 8.32. The highest BCUT2D eigenvalue weighted by Crippen LogP contribution is 2.24. The fraction of sp³-hybridized carbons (Fsp3) is 0.263. The lowest BCUT2D eigenvalue weighted by molar-refractivity contribution is 0.0601. The number of aryl methyl sites for hydroxylation is 2. The summed E-state index contributed by atoms with van der Waals surface area (Å²) in [6, 6.07) is 11.2. The molecule has 6 heteroatoms. The van der Waals surface area contributed by atoms with Crippen LogP contribution in [0.2, 0.25) is 5.02 Å². The van der Waals surface area contributed by atoms with E-state index in [1.165, 1.54) is 23.8 Å². The molecule has 0 aliphatic heterocycles. The average Bonchev–Trinajstić information content (AvgIpc) is 2.58. The monoisotopic (exact) mass is 376 g/mol. The molecular formula is C19H21ClN2O2S. The van der Waals surface area contributed by atoms with Crippen LogP contribution in [-0.4, -0.2) is 18.2 Å². The Morgan fingerprint density at radius 3 is 2.60 bits per heavy atom. The van der Waals surface area contributed by atoms with Gasteiger partial charge in [-0.25, -0.2) is 4.79 Å². The van der Waals surface area contributed by atoms with E-state index in [9.17, 15) is 4.79 Å². The van der Waals surface area contributed by atoms with Crippen LogP contribution in [0.5, 0.6) is 0 Å². The highest BCUT2D eigenvalue weighted by Gasteiger charge is 2.13. The zero-order valence-electron chi connectivity index (χ0n) is 14.6. The third kappa shape index (κ3) is 4.94. The maximum atomic E-state index is 11.7. The first-order chi connectivity index (χ1) is 11.8. The number of hydrogen-bond acceptors (Lipinski definition) is 3. The lowest BCUT2D eigenvalue weighted by Gasteiger charge is -2.20. The Bertz CT molecular complexity index is 808. The molecule has 2 aromatic carbocycles. The molecule has 0 saturated heterocycles. The van der Waals surface area contributed by atoms with Gasteiger partial charge >= 0.3 is 5.97 Å². The second-order valence-corrected chi connectivity index (χ2v) is 6.68. The lowest BCUT2D eigenvalue weighted by atomic mass is 10.0. The van der Waals surface area contributed by atoms with E-state index in [0.29, 0.717) is 21.4 Å². The van der Waals surface area contributed by atoms with Crippen LogP contribution in [0.1, 0.15) is 40.0 Å². The molecule has 0 amide bonds. The number of methoxy groups -OCH3 is 1. The molecule has 2 N–H and O–H groups in total. The van der Waals surface area contributed by atoms with E-state index in [4.69, 9.17) is 28.6 Å². The van der Waals surface area contributed by atoms with Crippen LogP contribution in [0.4, 0.5) is 5.69 Å². The van der Waals surface area contributed by atoms with Gasteiger partial charge in [0.05, 0.1) is 29.4 Å². The molecule has 1 atom stereocenters. The number of carbonyl (C=O) groups is 1. The molecule has 0 bridgehead atoms. The topological polar surface area (TPSA) is 50.4 Å². The van der Waals surface area contributed by atoms with Crippen LogP contribution >= 0.6 is 23.8 Å². The molecule has 25 heavy (non-hydrogen) atoms. The van der Waals surface area contributed by atoms with Crippen LogP contribution in [0.15, 0.2) is 36.4 Å². The van der Waals surface area contributed by atoms with Gasteiger partial charge in [-0.2, -0.15) is 0 Å². The lowest BCUT2D eigenvalue weighted by Crippen LogP contribution is -2.31. The van der Waals surface area contributed by atoms with E-state index in [0.717, 1.165) is 0 Å². The summed E-state index contributed by atoms with van der Waals surface area (Å²) >= 11 is 11.6. The first-order valence-electron chi connectivity index (χ1n) is 7.84. The van der Waals surface area contributed by atoms with Crippen molar-refractivity contribution in [1.29, 1.82) is 0 Å². The smallest absolute Gasteiger partial charge is 0.337 e. The molecule has 0 aliphatic rings. The minimum Gasteiger partial charge on any atom is -0.465 e. The second-order valence-electron chi connectivity index (χ2n) is 5.87. The Hall–Kier alpha value is -2.11. The molecule has 0 aliphatic carbocycles. The summed E-state index contributed by atoms with van der Waals surface area (Å²) in [6.07, 6.45) is 0. The van der Waals surface area contributed by atoms with Crippen molar-refractivity contribution in [3.63, 3.8) is 0 Å². The largest absolute Gasteiger partial charge is 0.465 e. The number of nitrogens with one attached hydrogen (secondary N) is 2. The molecular weight excluding hydrogens is 356 g/mol. The molecule has 0 aromatic heterocycles. The van der Waals surface area contributed by atoms with Crippen molar-refractivity contribution in [2.75, 3.05) is 12.4 Å². The number of halogens is 1. The Labute approximate surface area is 158 Å². The SMILES string of the molecule is COC(=O)c1ccc(Cl)c(NC(=S)NC(C)c2cc(C)ccc2C)c1. The van der Waals surface area contributed by atoms with Crippen LogP contribution in [-0.2, 0) is 4.74 Å². The van der Waals surface area contributed by atoms with Crippen molar-refractivity contribution in [3.8, 4) is 0 Å². The molecule has 0 spiro atoms. The summed E-state index contributed by atoms with van der Waals surface area (Å²) in [5.41, 5.74) is 4.52. The Morgan fingerprint density at radius 2 is 1.92 bits per heavy atom. The van der Waals surface area contributed by atoms with Gasteiger partial charge in [0.15, 0.2) is 5.11 Å². The molecule has 2 rings (SSSR count). The molecule has 0 radical (unpaired) electrons. The van der Waals surface area contributed by atoms with E-state index in [2.05, 4.69) is 42.7 Å². The zero-order valence-corrected chi connectivity index (χ0v) is 16.2. The quantitative estimate of drug-likeness (QED) is 0.593. The summed E-state index contributed by atoms with van der Waals surface area (Å²) in [5.74, 6) is -0.428. The van der Waals surface area contributed by atoms with E-state index >= 15 is 0 Å². The third-order valence-corrected chi connectivity index (χ3v) is 4.43. The maximum absolute atomic E-state index is 11.7. The summed E-state index contributed by atoms with van der Waals surface area (Å²) in [4.78, 5) is 11.7. The number of hydrogen-bond donors (Lipinski definition) is 2. The fourth-order valence-electron chi connectivity index (χ4n) is 2.53. The molecule has 132 valence electrons. The summed E-state index contributed by atoms with van der Waals surface area (Å²) < 4.78 is 4.72. The van der Waals surface area contributed by atoms with Gasteiger partial charge in [0.2, 0.25) is 0 Å². The van der Waals surface area contributed by atoms with Gasteiger partial charge in [0.25, 0.3) is 0 Å². The van der Waals surface area contributed by atoms with Crippen LogP contribution < -0.4 is 10.6 Å². The first-order valence-corrected chi connectivity index (χ1v) is 8.63. The Kier molecular flexibility index (Phi) is 6.39. The number of ether oxygens (including phenoxy) is 1. The van der Waals surface area contributed by atoms with Crippen molar-refractivity contribution < 1.29 is 9.53 Å². The van der Waals surface area contributed by atoms with Gasteiger partial charge in [-0.1, -0.05) is 35.4 Å². The van der Waals surface area contributed by atoms with Gasteiger partial charge in [-0.3, -0.25) is 0 Å². The molecule has 0 heterocycles. The number of esters is 1. The number of benzene rings is 2. The number of carbonyl (C=O) groups excluding carboxylic acids is 1. The normalized spacial score (nSPS) is 11.6. The Balaban J connectivity index is 2.12. The maximum Gasteiger partial charge on any atom is 0.337 e. The van der Waals surface area contributed by atoms with Crippen molar-refractivity contribution in [3.05, 3.63) is 63.7 Å². The van der Waals surface area contributed by atoms with Crippen molar-refractivity contribution in [1.82, 2.24) is 5.32 Å². The molecule has 0 fully saturated rings. The van der Waals surface area contributed by atoms with Gasteiger partial charge in [0.1, 0.15) is 0 Å². The van der Waals surface area contributed by atoms with Crippen molar-refractivity contribution >= 4 is 40.6 Å². The van der Waals surface area contributed by atoms with Crippen molar-refractivity contribution in [2.24, 2.45) is 0 Å². The number of rotatable bonds is 4. The predicted molar refractivity (Wildman–Crippen MR) is 106 cm³/mol. The van der Waals surface area contributed by atoms with Gasteiger partial charge in [0, 0.05) is 0 Å². The van der Waals surface area contributed by atoms with E-state index in [1.807, 2.05) is 6.92 Å². The third-order valence-electron chi connectivity index (χ3n) is 3.88. The zero-order chi connectivity index (χ0) is 18.6. The minimum absolute atomic E-state index is 0.0301. The molecule has 0 saturated carbocycles. The number of anilines is 1. The number of thiocarbonyl (C=S) groups is 1. The fourth-order valence-corrected chi connectivity index (χ4v) is 2.98.